The van der Waals surface area contributed by atoms with Crippen molar-refractivity contribution >= 4 is 0 Å². The van der Waals surface area contributed by atoms with Crippen molar-refractivity contribution in [2.24, 2.45) is 5.73 Å². The highest BCUT2D eigenvalue weighted by Crippen LogP contribution is 2.39. The van der Waals surface area contributed by atoms with Crippen LogP contribution in [0.4, 0.5) is 0 Å². The maximum atomic E-state index is 6.10. The van der Waals surface area contributed by atoms with E-state index < -0.39 is 0 Å². The standard InChI is InChI=1S/C17H26N2O2/c1-17(2)7-3-8-19(17)14(12-18)13-5-6-15-16(11-13)21-10-4-9-20-15/h5-6,11,14H,3-4,7-10,12,18H2,1-2H3. The van der Waals surface area contributed by atoms with Crippen LogP contribution in [0.3, 0.4) is 0 Å². The minimum atomic E-state index is 0.216. The third kappa shape index (κ3) is 2.87. The first-order valence-electron chi connectivity index (χ1n) is 7.98. The van der Waals surface area contributed by atoms with E-state index in [0.717, 1.165) is 37.7 Å². The second-order valence-corrected chi connectivity index (χ2v) is 6.62. The van der Waals surface area contributed by atoms with Gasteiger partial charge in [0.15, 0.2) is 11.5 Å². The van der Waals surface area contributed by atoms with E-state index in [-0.39, 0.29) is 11.6 Å². The maximum absolute atomic E-state index is 6.10. The molecule has 0 radical (unpaired) electrons. The molecule has 1 saturated heterocycles. The van der Waals surface area contributed by atoms with Crippen LogP contribution in [0, 0.1) is 0 Å². The van der Waals surface area contributed by atoms with E-state index in [4.69, 9.17) is 15.2 Å². The van der Waals surface area contributed by atoms with Crippen LogP contribution in [0.15, 0.2) is 18.2 Å². The molecule has 1 fully saturated rings. The monoisotopic (exact) mass is 290 g/mol. The van der Waals surface area contributed by atoms with Gasteiger partial charge >= 0.3 is 0 Å². The van der Waals surface area contributed by atoms with Gasteiger partial charge in [-0.25, -0.2) is 0 Å². The molecule has 1 atom stereocenters. The normalized spacial score (nSPS) is 22.8. The first-order chi connectivity index (χ1) is 10.1. The van der Waals surface area contributed by atoms with Gasteiger partial charge in [-0.2, -0.15) is 0 Å². The van der Waals surface area contributed by atoms with Gasteiger partial charge in [-0.3, -0.25) is 4.90 Å². The van der Waals surface area contributed by atoms with Crippen LogP contribution in [0.2, 0.25) is 0 Å². The van der Waals surface area contributed by atoms with E-state index in [0.29, 0.717) is 6.54 Å². The molecule has 2 N–H and O–H groups in total. The molecule has 4 heteroatoms. The molecule has 0 aliphatic carbocycles. The summed E-state index contributed by atoms with van der Waals surface area (Å²) < 4.78 is 11.5. The number of hydrogen-bond acceptors (Lipinski definition) is 4. The molecule has 1 aromatic rings. The van der Waals surface area contributed by atoms with Crippen molar-refractivity contribution in [2.45, 2.75) is 44.7 Å². The van der Waals surface area contributed by atoms with Gasteiger partial charge in [-0.05, 0) is 50.9 Å². The molecule has 0 bridgehead atoms. The number of nitrogens with zero attached hydrogens (tertiary/aromatic N) is 1. The molecule has 0 saturated carbocycles. The van der Waals surface area contributed by atoms with Crippen molar-refractivity contribution < 1.29 is 9.47 Å². The molecule has 2 aliphatic heterocycles. The Balaban J connectivity index is 1.89. The number of rotatable bonds is 3. The van der Waals surface area contributed by atoms with Gasteiger partial charge in [-0.1, -0.05) is 6.07 Å². The molecule has 1 unspecified atom stereocenters. The van der Waals surface area contributed by atoms with E-state index in [9.17, 15) is 0 Å². The molecule has 1 aromatic carbocycles. The van der Waals surface area contributed by atoms with Gasteiger partial charge in [0.05, 0.1) is 13.2 Å². The second-order valence-electron chi connectivity index (χ2n) is 6.62. The molecule has 2 aliphatic rings. The molecule has 2 heterocycles. The topological polar surface area (TPSA) is 47.7 Å². The molecule has 0 aromatic heterocycles. The zero-order valence-corrected chi connectivity index (χ0v) is 13.1. The summed E-state index contributed by atoms with van der Waals surface area (Å²) in [4.78, 5) is 2.53. The Morgan fingerprint density at radius 2 is 1.95 bits per heavy atom. The van der Waals surface area contributed by atoms with Crippen molar-refractivity contribution in [3.63, 3.8) is 0 Å². The number of ether oxygens (including phenoxy) is 2. The zero-order chi connectivity index (χ0) is 14.9. The minimum absolute atomic E-state index is 0.216. The van der Waals surface area contributed by atoms with E-state index in [1.165, 1.54) is 18.4 Å². The molecule has 116 valence electrons. The summed E-state index contributed by atoms with van der Waals surface area (Å²) in [6.07, 6.45) is 3.41. The summed E-state index contributed by atoms with van der Waals surface area (Å²) in [6, 6.07) is 6.54. The molecule has 0 amide bonds. The first kappa shape index (κ1) is 14.7. The van der Waals surface area contributed by atoms with Gasteiger partial charge in [-0.15, -0.1) is 0 Å². The fourth-order valence-corrected chi connectivity index (χ4v) is 3.54. The Labute approximate surface area is 127 Å². The molecular formula is C17H26N2O2. The summed E-state index contributed by atoms with van der Waals surface area (Å²) in [6.45, 7) is 7.81. The predicted octanol–water partition coefficient (Wildman–Crippen LogP) is 2.72. The van der Waals surface area contributed by atoms with Crippen LogP contribution in [0.5, 0.6) is 11.5 Å². The largest absolute Gasteiger partial charge is 0.490 e. The minimum Gasteiger partial charge on any atom is -0.490 e. The predicted molar refractivity (Wildman–Crippen MR) is 83.9 cm³/mol. The molecular weight excluding hydrogens is 264 g/mol. The van der Waals surface area contributed by atoms with Gasteiger partial charge in [0.25, 0.3) is 0 Å². The van der Waals surface area contributed by atoms with Gasteiger partial charge in [0.2, 0.25) is 0 Å². The van der Waals surface area contributed by atoms with Crippen molar-refractivity contribution in [1.29, 1.82) is 0 Å². The Morgan fingerprint density at radius 3 is 2.62 bits per heavy atom. The van der Waals surface area contributed by atoms with E-state index >= 15 is 0 Å². The Bertz CT molecular complexity index is 502. The van der Waals surface area contributed by atoms with Crippen molar-refractivity contribution in [3.8, 4) is 11.5 Å². The summed E-state index contributed by atoms with van der Waals surface area (Å²) in [5.74, 6) is 1.72. The Morgan fingerprint density at radius 1 is 1.19 bits per heavy atom. The summed E-state index contributed by atoms with van der Waals surface area (Å²) >= 11 is 0. The fraction of sp³-hybridized carbons (Fsp3) is 0.647. The number of nitrogens with two attached hydrogens (primary N) is 1. The first-order valence-corrected chi connectivity index (χ1v) is 7.98. The highest BCUT2D eigenvalue weighted by molar-refractivity contribution is 5.44. The third-order valence-electron chi connectivity index (χ3n) is 4.72. The lowest BCUT2D eigenvalue weighted by molar-refractivity contribution is 0.119. The fourth-order valence-electron chi connectivity index (χ4n) is 3.54. The van der Waals surface area contributed by atoms with Crippen LogP contribution in [-0.2, 0) is 0 Å². The van der Waals surface area contributed by atoms with Crippen molar-refractivity contribution in [3.05, 3.63) is 23.8 Å². The summed E-state index contributed by atoms with van der Waals surface area (Å²) in [5.41, 5.74) is 7.55. The van der Waals surface area contributed by atoms with E-state index in [1.54, 1.807) is 0 Å². The highest BCUT2D eigenvalue weighted by atomic mass is 16.5. The Kier molecular flexibility index (Phi) is 4.09. The quantitative estimate of drug-likeness (QED) is 0.930. The number of fused-ring (bicyclic) bond motifs is 1. The molecule has 3 rings (SSSR count). The van der Waals surface area contributed by atoms with Crippen LogP contribution in [0.25, 0.3) is 0 Å². The second kappa shape index (κ2) is 5.85. The lowest BCUT2D eigenvalue weighted by atomic mass is 9.97. The lowest BCUT2D eigenvalue weighted by Crippen LogP contribution is -2.43. The van der Waals surface area contributed by atoms with E-state index in [1.807, 2.05) is 6.07 Å². The summed E-state index contributed by atoms with van der Waals surface area (Å²) in [7, 11) is 0. The Hall–Kier alpha value is -1.26. The van der Waals surface area contributed by atoms with Crippen LogP contribution >= 0.6 is 0 Å². The van der Waals surface area contributed by atoms with Gasteiger partial charge in [0, 0.05) is 24.5 Å². The van der Waals surface area contributed by atoms with Crippen LogP contribution in [0.1, 0.15) is 44.7 Å². The highest BCUT2D eigenvalue weighted by Gasteiger charge is 2.37. The van der Waals surface area contributed by atoms with Crippen molar-refractivity contribution in [2.75, 3.05) is 26.3 Å². The maximum Gasteiger partial charge on any atom is 0.161 e. The van der Waals surface area contributed by atoms with Gasteiger partial charge < -0.3 is 15.2 Å². The number of hydrogen-bond donors (Lipinski definition) is 1. The average Bonchev–Trinajstić information content (AvgIpc) is 2.69. The third-order valence-corrected chi connectivity index (χ3v) is 4.72. The van der Waals surface area contributed by atoms with Gasteiger partial charge in [0.1, 0.15) is 0 Å². The van der Waals surface area contributed by atoms with Crippen LogP contribution < -0.4 is 15.2 Å². The summed E-state index contributed by atoms with van der Waals surface area (Å²) in [5, 5.41) is 0. The molecule has 4 nitrogen and oxygen atoms in total. The number of likely N-dealkylation sites (tertiary alicyclic amines) is 1. The number of benzene rings is 1. The smallest absolute Gasteiger partial charge is 0.161 e. The SMILES string of the molecule is CC1(C)CCCN1C(CN)c1ccc2c(c1)OCCCO2. The lowest BCUT2D eigenvalue weighted by Gasteiger charge is -2.38. The van der Waals surface area contributed by atoms with Crippen molar-refractivity contribution in [1.82, 2.24) is 4.90 Å². The van der Waals surface area contributed by atoms with E-state index in [2.05, 4.69) is 30.9 Å². The molecule has 21 heavy (non-hydrogen) atoms. The van der Waals surface area contributed by atoms with Crippen LogP contribution in [-0.4, -0.2) is 36.7 Å². The average molecular weight is 290 g/mol. The zero-order valence-electron chi connectivity index (χ0n) is 13.1. The molecule has 0 spiro atoms.